The van der Waals surface area contributed by atoms with Gasteiger partial charge in [0.25, 0.3) is 5.56 Å². The molecule has 0 aliphatic rings. The van der Waals surface area contributed by atoms with Crippen molar-refractivity contribution in [2.45, 2.75) is 10.3 Å². The lowest BCUT2D eigenvalue weighted by Crippen LogP contribution is -2.09. The summed E-state index contributed by atoms with van der Waals surface area (Å²) < 4.78 is 15.5. The fourth-order valence-corrected chi connectivity index (χ4v) is 3.53. The van der Waals surface area contributed by atoms with Gasteiger partial charge in [0.05, 0.1) is 17.4 Å². The molecule has 8 nitrogen and oxygen atoms in total. The van der Waals surface area contributed by atoms with Gasteiger partial charge in [-0.2, -0.15) is 5.10 Å². The van der Waals surface area contributed by atoms with Gasteiger partial charge in [0.2, 0.25) is 5.16 Å². The zero-order chi connectivity index (χ0) is 19.8. The monoisotopic (exact) mass is 405 g/mol. The molecule has 3 heterocycles. The normalized spacial score (nSPS) is 11.2. The van der Waals surface area contributed by atoms with Gasteiger partial charge in [0, 0.05) is 0 Å². The number of hydrogen-bond donors (Lipinski definition) is 2. The van der Waals surface area contributed by atoms with E-state index in [-0.39, 0.29) is 5.56 Å². The first kappa shape index (κ1) is 17.3. The Kier molecular flexibility index (Phi) is 4.17. The molecule has 0 radical (unpaired) electrons. The van der Waals surface area contributed by atoms with Crippen LogP contribution in [-0.4, -0.2) is 34.9 Å². The van der Waals surface area contributed by atoms with Gasteiger partial charge in [-0.3, -0.25) is 9.89 Å². The van der Waals surface area contributed by atoms with Crippen LogP contribution in [0, 0.1) is 5.82 Å². The molecule has 0 amide bonds. The topological polar surface area (TPSA) is 105 Å². The van der Waals surface area contributed by atoms with Gasteiger partial charge in [-0.15, -0.1) is 5.10 Å². The first-order valence-electron chi connectivity index (χ1n) is 8.58. The molecule has 0 aliphatic heterocycles. The van der Waals surface area contributed by atoms with Gasteiger partial charge in [-0.1, -0.05) is 30.3 Å². The number of hydrogen-bond acceptors (Lipinski definition) is 6. The van der Waals surface area contributed by atoms with Crippen molar-refractivity contribution in [3.63, 3.8) is 0 Å². The summed E-state index contributed by atoms with van der Waals surface area (Å²) in [7, 11) is 0. The molecule has 5 rings (SSSR count). The number of fused-ring (bicyclic) bond motifs is 1. The average molecular weight is 405 g/mol. The molecule has 29 heavy (non-hydrogen) atoms. The third kappa shape index (κ3) is 3.19. The fourth-order valence-electron chi connectivity index (χ4n) is 2.86. The second kappa shape index (κ2) is 6.99. The number of aromatic nitrogens is 7. The molecule has 0 saturated heterocycles. The van der Waals surface area contributed by atoms with E-state index in [0.717, 1.165) is 17.4 Å². The van der Waals surface area contributed by atoms with Crippen LogP contribution in [0.1, 0.15) is 0 Å². The van der Waals surface area contributed by atoms with Crippen molar-refractivity contribution in [1.82, 2.24) is 34.9 Å². The van der Waals surface area contributed by atoms with Crippen LogP contribution in [0.15, 0.2) is 75.9 Å². The molecule has 0 fully saturated rings. The second-order valence-electron chi connectivity index (χ2n) is 6.05. The minimum atomic E-state index is -0.403. The fraction of sp³-hybridized carbons (Fsp3) is 0. The summed E-state index contributed by atoms with van der Waals surface area (Å²) in [4.78, 5) is 23.9. The number of para-hydroxylation sites is 1. The molecule has 0 bridgehead atoms. The van der Waals surface area contributed by atoms with Crippen LogP contribution in [0.4, 0.5) is 4.39 Å². The van der Waals surface area contributed by atoms with E-state index in [2.05, 4.69) is 30.2 Å². The Hall–Kier alpha value is -3.79. The van der Waals surface area contributed by atoms with E-state index in [1.54, 1.807) is 22.9 Å². The highest BCUT2D eigenvalue weighted by atomic mass is 32.2. The largest absolute Gasteiger partial charge is 0.300 e. The Morgan fingerprint density at radius 3 is 2.62 bits per heavy atom. The molecule has 0 saturated carbocycles. The maximum atomic E-state index is 13.9. The number of aromatic amines is 2. The Labute approximate surface area is 166 Å². The molecule has 2 N–H and O–H groups in total. The molecule has 2 aromatic carbocycles. The number of nitrogens with one attached hydrogen (secondary N) is 2. The molecule has 0 atom stereocenters. The van der Waals surface area contributed by atoms with Crippen LogP contribution < -0.4 is 5.56 Å². The van der Waals surface area contributed by atoms with Gasteiger partial charge < -0.3 is 4.98 Å². The van der Waals surface area contributed by atoms with E-state index in [9.17, 15) is 9.18 Å². The molecule has 10 heteroatoms. The van der Waals surface area contributed by atoms with Crippen LogP contribution in [0.3, 0.4) is 0 Å². The van der Waals surface area contributed by atoms with Crippen molar-refractivity contribution in [3.8, 4) is 17.1 Å². The van der Waals surface area contributed by atoms with Crippen molar-refractivity contribution >= 4 is 22.8 Å². The maximum Gasteiger partial charge on any atom is 0.262 e. The van der Waals surface area contributed by atoms with Crippen molar-refractivity contribution in [2.24, 2.45) is 0 Å². The minimum Gasteiger partial charge on any atom is -0.300 e. The molecule has 0 aliphatic carbocycles. The Bertz CT molecular complexity index is 1380. The van der Waals surface area contributed by atoms with Crippen LogP contribution in [-0.2, 0) is 0 Å². The van der Waals surface area contributed by atoms with Gasteiger partial charge in [-0.05, 0) is 36.0 Å². The zero-order valence-electron chi connectivity index (χ0n) is 14.7. The predicted molar refractivity (Wildman–Crippen MR) is 105 cm³/mol. The first-order valence-corrected chi connectivity index (χ1v) is 9.39. The van der Waals surface area contributed by atoms with Crippen LogP contribution in [0.5, 0.6) is 0 Å². The van der Waals surface area contributed by atoms with Crippen LogP contribution in [0.25, 0.3) is 28.1 Å². The smallest absolute Gasteiger partial charge is 0.262 e. The van der Waals surface area contributed by atoms with E-state index in [1.165, 1.54) is 12.3 Å². The maximum absolute atomic E-state index is 13.9. The number of benzene rings is 2. The number of rotatable bonds is 4. The molecule has 5 aromatic rings. The number of nitrogens with zero attached hydrogens (tertiary/aromatic N) is 5. The third-order valence-corrected chi connectivity index (χ3v) is 4.95. The summed E-state index contributed by atoms with van der Waals surface area (Å²) in [5.74, 6) is -0.108. The summed E-state index contributed by atoms with van der Waals surface area (Å²) >= 11 is 1.06. The Morgan fingerprint density at radius 1 is 1.00 bits per heavy atom. The lowest BCUT2D eigenvalue weighted by Gasteiger charge is -2.03. The number of halogens is 1. The third-order valence-electron chi connectivity index (χ3n) is 4.20. The SMILES string of the molecule is O=c1[nH]c(Sc2n[nH]c(-c3ccccc3F)n2)nc2c1cnn2-c1ccccc1. The first-order chi connectivity index (χ1) is 14.2. The van der Waals surface area contributed by atoms with E-state index in [0.29, 0.717) is 32.7 Å². The number of H-pyrrole nitrogens is 2. The van der Waals surface area contributed by atoms with Crippen LogP contribution in [0.2, 0.25) is 0 Å². The standard InChI is InChI=1S/C19H12FN7OS/c20-14-9-5-4-8-12(14)15-22-19(26-25-15)29-18-23-16-13(17(28)24-18)10-21-27(16)11-6-2-1-3-7-11/h1-10H,(H,22,25,26)(H,23,24,28). The van der Waals surface area contributed by atoms with E-state index < -0.39 is 5.82 Å². The molecular formula is C19H12FN7OS. The highest BCUT2D eigenvalue weighted by Gasteiger charge is 2.15. The van der Waals surface area contributed by atoms with E-state index in [1.807, 2.05) is 30.3 Å². The van der Waals surface area contributed by atoms with Gasteiger partial charge in [0.15, 0.2) is 16.6 Å². The van der Waals surface area contributed by atoms with Crippen molar-refractivity contribution in [3.05, 3.63) is 77.0 Å². The predicted octanol–water partition coefficient (Wildman–Crippen LogP) is 3.18. The van der Waals surface area contributed by atoms with E-state index >= 15 is 0 Å². The van der Waals surface area contributed by atoms with E-state index in [4.69, 9.17) is 0 Å². The van der Waals surface area contributed by atoms with Crippen molar-refractivity contribution in [1.29, 1.82) is 0 Å². The molecule has 0 unspecified atom stereocenters. The van der Waals surface area contributed by atoms with Gasteiger partial charge in [-0.25, -0.2) is 19.0 Å². The molecule has 0 spiro atoms. The van der Waals surface area contributed by atoms with Crippen molar-refractivity contribution < 1.29 is 4.39 Å². The summed E-state index contributed by atoms with van der Waals surface area (Å²) in [5.41, 5.74) is 1.21. The second-order valence-corrected chi connectivity index (χ2v) is 7.00. The van der Waals surface area contributed by atoms with Crippen LogP contribution >= 0.6 is 11.8 Å². The summed E-state index contributed by atoms with van der Waals surface area (Å²) in [6.45, 7) is 0. The highest BCUT2D eigenvalue weighted by molar-refractivity contribution is 7.99. The summed E-state index contributed by atoms with van der Waals surface area (Å²) in [6.07, 6.45) is 1.48. The van der Waals surface area contributed by atoms with Gasteiger partial charge >= 0.3 is 0 Å². The summed E-state index contributed by atoms with van der Waals surface area (Å²) in [6, 6.07) is 15.7. The molecule has 142 valence electrons. The Balaban J connectivity index is 1.52. The lowest BCUT2D eigenvalue weighted by atomic mass is 10.2. The quantitative estimate of drug-likeness (QED) is 0.445. The van der Waals surface area contributed by atoms with Crippen molar-refractivity contribution in [2.75, 3.05) is 0 Å². The average Bonchev–Trinajstić information content (AvgIpc) is 3.36. The minimum absolute atomic E-state index is 0.295. The zero-order valence-corrected chi connectivity index (χ0v) is 15.5. The highest BCUT2D eigenvalue weighted by Crippen LogP contribution is 2.25. The Morgan fingerprint density at radius 2 is 1.79 bits per heavy atom. The summed E-state index contributed by atoms with van der Waals surface area (Å²) in [5, 5.41) is 12.0. The molecule has 3 aromatic heterocycles. The molecular weight excluding hydrogens is 393 g/mol. The van der Waals surface area contributed by atoms with Gasteiger partial charge in [0.1, 0.15) is 11.2 Å². The lowest BCUT2D eigenvalue weighted by molar-refractivity contribution is 0.630.